The molecule has 0 amide bonds. The second-order valence-electron chi connectivity index (χ2n) is 5.42. The summed E-state index contributed by atoms with van der Waals surface area (Å²) in [5, 5.41) is 21.1. The van der Waals surface area contributed by atoms with Crippen LogP contribution < -0.4 is 0 Å². The monoisotopic (exact) mass is 370 g/mol. The average molecular weight is 371 g/mol. The molecule has 0 aliphatic rings. The first-order valence-corrected chi connectivity index (χ1v) is 8.30. The van der Waals surface area contributed by atoms with Gasteiger partial charge in [0.25, 0.3) is 0 Å². The number of ether oxygens (including phenoxy) is 2. The number of halogens is 2. The Bertz CT molecular complexity index is 546. The van der Waals surface area contributed by atoms with Crippen molar-refractivity contribution < 1.29 is 19.7 Å². The van der Waals surface area contributed by atoms with Crippen LogP contribution in [0.1, 0.15) is 11.1 Å². The normalized spacial score (nSPS) is 13.7. The Labute approximate surface area is 151 Å². The van der Waals surface area contributed by atoms with Crippen molar-refractivity contribution in [3.8, 4) is 0 Å². The van der Waals surface area contributed by atoms with E-state index in [0.717, 1.165) is 11.1 Å². The minimum Gasteiger partial charge on any atom is -0.388 e. The van der Waals surface area contributed by atoms with E-state index in [2.05, 4.69) is 0 Å². The lowest BCUT2D eigenvalue weighted by atomic mass is 10.2. The Balaban J connectivity index is 1.63. The van der Waals surface area contributed by atoms with Crippen molar-refractivity contribution in [2.45, 2.75) is 25.4 Å². The Morgan fingerprint density at radius 1 is 0.667 bits per heavy atom. The average Bonchev–Trinajstić information content (AvgIpc) is 2.58. The quantitative estimate of drug-likeness (QED) is 0.709. The van der Waals surface area contributed by atoms with Crippen molar-refractivity contribution >= 4 is 23.2 Å². The molecule has 2 aromatic rings. The van der Waals surface area contributed by atoms with E-state index in [0.29, 0.717) is 23.3 Å². The number of aliphatic hydroxyl groups excluding tert-OH is 2. The minimum absolute atomic E-state index is 0.0219. The van der Waals surface area contributed by atoms with Gasteiger partial charge < -0.3 is 19.7 Å². The fourth-order valence-electron chi connectivity index (χ4n) is 1.98. The van der Waals surface area contributed by atoms with Gasteiger partial charge in [-0.3, -0.25) is 0 Å². The molecular weight excluding hydrogens is 351 g/mol. The van der Waals surface area contributed by atoms with Gasteiger partial charge in [0.05, 0.1) is 26.4 Å². The Morgan fingerprint density at radius 2 is 1.00 bits per heavy atom. The van der Waals surface area contributed by atoms with E-state index < -0.39 is 12.2 Å². The van der Waals surface area contributed by atoms with Crippen LogP contribution in [0, 0.1) is 0 Å². The Kier molecular flexibility index (Phi) is 7.99. The summed E-state index contributed by atoms with van der Waals surface area (Å²) in [6.45, 7) is 0.724. The van der Waals surface area contributed by atoms with Crippen LogP contribution in [0.3, 0.4) is 0 Å². The predicted octanol–water partition coefficient (Wildman–Crippen LogP) is 3.45. The molecule has 0 aromatic heterocycles. The molecule has 0 saturated carbocycles. The second-order valence-corrected chi connectivity index (χ2v) is 6.29. The molecule has 6 heteroatoms. The molecule has 0 bridgehead atoms. The van der Waals surface area contributed by atoms with E-state index in [4.69, 9.17) is 32.7 Å². The highest BCUT2D eigenvalue weighted by atomic mass is 35.5. The smallest absolute Gasteiger partial charge is 0.105 e. The summed E-state index contributed by atoms with van der Waals surface area (Å²) < 4.78 is 10.8. The van der Waals surface area contributed by atoms with Gasteiger partial charge in [0, 0.05) is 10.0 Å². The summed E-state index contributed by atoms with van der Waals surface area (Å²) >= 11 is 11.6. The largest absolute Gasteiger partial charge is 0.388 e. The first kappa shape index (κ1) is 19.2. The van der Waals surface area contributed by atoms with Crippen molar-refractivity contribution in [3.63, 3.8) is 0 Å². The molecule has 0 saturated heterocycles. The maximum absolute atomic E-state index is 9.88. The molecule has 2 rings (SSSR count). The fourth-order valence-corrected chi connectivity index (χ4v) is 2.23. The maximum Gasteiger partial charge on any atom is 0.105 e. The molecule has 2 unspecified atom stereocenters. The van der Waals surface area contributed by atoms with Gasteiger partial charge in [-0.05, 0) is 35.4 Å². The molecule has 4 nitrogen and oxygen atoms in total. The SMILES string of the molecule is OC(COCc1ccc(Cl)cc1)C(O)COCc1ccc(Cl)cc1. The van der Waals surface area contributed by atoms with Crippen LogP contribution in [0.4, 0.5) is 0 Å². The van der Waals surface area contributed by atoms with Gasteiger partial charge in [0.2, 0.25) is 0 Å². The summed E-state index contributed by atoms with van der Waals surface area (Å²) in [5.41, 5.74) is 1.89. The molecule has 2 aromatic carbocycles. The maximum atomic E-state index is 9.88. The van der Waals surface area contributed by atoms with E-state index in [-0.39, 0.29) is 13.2 Å². The highest BCUT2D eigenvalue weighted by molar-refractivity contribution is 6.30. The zero-order valence-corrected chi connectivity index (χ0v) is 14.6. The van der Waals surface area contributed by atoms with Gasteiger partial charge in [-0.15, -0.1) is 0 Å². The molecule has 24 heavy (non-hydrogen) atoms. The van der Waals surface area contributed by atoms with Gasteiger partial charge in [-0.2, -0.15) is 0 Å². The molecule has 0 fully saturated rings. The summed E-state index contributed by atoms with van der Waals surface area (Å²) in [6, 6.07) is 14.5. The van der Waals surface area contributed by atoms with Gasteiger partial charge in [0.15, 0.2) is 0 Å². The Morgan fingerprint density at radius 3 is 1.33 bits per heavy atom. The van der Waals surface area contributed by atoms with E-state index >= 15 is 0 Å². The van der Waals surface area contributed by atoms with Crippen LogP contribution in [0.25, 0.3) is 0 Å². The van der Waals surface area contributed by atoms with E-state index in [1.165, 1.54) is 0 Å². The van der Waals surface area contributed by atoms with Crippen molar-refractivity contribution in [3.05, 3.63) is 69.7 Å². The molecule has 2 N–H and O–H groups in total. The van der Waals surface area contributed by atoms with E-state index in [1.54, 1.807) is 24.3 Å². The lowest BCUT2D eigenvalue weighted by molar-refractivity contribution is -0.0758. The zero-order valence-electron chi connectivity index (χ0n) is 13.1. The van der Waals surface area contributed by atoms with Crippen molar-refractivity contribution in [2.75, 3.05) is 13.2 Å². The molecule has 0 aliphatic heterocycles. The predicted molar refractivity (Wildman–Crippen MR) is 94.2 cm³/mol. The van der Waals surface area contributed by atoms with Crippen LogP contribution in [-0.4, -0.2) is 35.6 Å². The van der Waals surface area contributed by atoms with Crippen LogP contribution in [0.2, 0.25) is 10.0 Å². The number of aliphatic hydroxyl groups is 2. The third kappa shape index (κ3) is 6.77. The third-order valence-corrected chi connectivity index (χ3v) is 3.89. The third-order valence-electron chi connectivity index (χ3n) is 3.39. The van der Waals surface area contributed by atoms with Crippen LogP contribution in [0.5, 0.6) is 0 Å². The first-order valence-electron chi connectivity index (χ1n) is 7.55. The molecule has 2 atom stereocenters. The number of hydrogen-bond acceptors (Lipinski definition) is 4. The van der Waals surface area contributed by atoms with Crippen molar-refractivity contribution in [2.24, 2.45) is 0 Å². The molecular formula is C18H20Cl2O4. The van der Waals surface area contributed by atoms with Gasteiger partial charge in [-0.1, -0.05) is 47.5 Å². The van der Waals surface area contributed by atoms with Gasteiger partial charge >= 0.3 is 0 Å². The van der Waals surface area contributed by atoms with Crippen molar-refractivity contribution in [1.82, 2.24) is 0 Å². The molecule has 0 radical (unpaired) electrons. The van der Waals surface area contributed by atoms with Crippen molar-refractivity contribution in [1.29, 1.82) is 0 Å². The van der Waals surface area contributed by atoms with E-state index in [1.807, 2.05) is 24.3 Å². The van der Waals surface area contributed by atoms with Gasteiger partial charge in [0.1, 0.15) is 12.2 Å². The van der Waals surface area contributed by atoms with E-state index in [9.17, 15) is 10.2 Å². The molecule has 130 valence electrons. The molecule has 0 spiro atoms. The molecule has 0 aliphatic carbocycles. The molecule has 0 heterocycles. The van der Waals surface area contributed by atoms with Crippen LogP contribution in [0.15, 0.2) is 48.5 Å². The first-order chi connectivity index (χ1) is 11.5. The zero-order chi connectivity index (χ0) is 17.4. The highest BCUT2D eigenvalue weighted by Crippen LogP contribution is 2.12. The van der Waals surface area contributed by atoms with Crippen LogP contribution in [-0.2, 0) is 22.7 Å². The van der Waals surface area contributed by atoms with Gasteiger partial charge in [-0.25, -0.2) is 0 Å². The Hall–Kier alpha value is -1.14. The summed E-state index contributed by atoms with van der Waals surface area (Å²) in [7, 11) is 0. The second kappa shape index (κ2) is 9.99. The lowest BCUT2D eigenvalue weighted by Gasteiger charge is -2.18. The van der Waals surface area contributed by atoms with Crippen LogP contribution >= 0.6 is 23.2 Å². The lowest BCUT2D eigenvalue weighted by Crippen LogP contribution is -2.34. The standard InChI is InChI=1S/C18H20Cl2O4/c19-15-5-1-13(2-6-15)9-23-11-17(21)18(22)12-24-10-14-3-7-16(20)8-4-14/h1-8,17-18,21-22H,9-12H2. The minimum atomic E-state index is -1.01. The fraction of sp³-hybridized carbons (Fsp3) is 0.333. The topological polar surface area (TPSA) is 58.9 Å². The number of benzene rings is 2. The summed E-state index contributed by atoms with van der Waals surface area (Å²) in [5.74, 6) is 0. The summed E-state index contributed by atoms with van der Waals surface area (Å²) in [4.78, 5) is 0. The summed E-state index contributed by atoms with van der Waals surface area (Å²) in [6.07, 6.45) is -2.02. The number of hydrogen-bond donors (Lipinski definition) is 2. The highest BCUT2D eigenvalue weighted by Gasteiger charge is 2.16. The number of rotatable bonds is 9.